The maximum Gasteiger partial charge on any atom is 0.317 e. The van der Waals surface area contributed by atoms with Crippen LogP contribution in [0, 0.1) is 5.92 Å². The van der Waals surface area contributed by atoms with E-state index >= 15 is 0 Å². The number of carbonyl (C=O) groups excluding carboxylic acids is 1. The van der Waals surface area contributed by atoms with Gasteiger partial charge in [0.1, 0.15) is 0 Å². The maximum atomic E-state index is 12.0. The van der Waals surface area contributed by atoms with Gasteiger partial charge in [0.05, 0.1) is 5.92 Å². The molecule has 1 atom stereocenters. The molecular formula is C16H22N2O3. The van der Waals surface area contributed by atoms with E-state index in [2.05, 4.69) is 31.3 Å². The second-order valence-corrected chi connectivity index (χ2v) is 5.82. The van der Waals surface area contributed by atoms with Gasteiger partial charge < -0.3 is 15.3 Å². The van der Waals surface area contributed by atoms with Crippen LogP contribution in [0.5, 0.6) is 0 Å². The molecule has 1 aromatic rings. The fourth-order valence-corrected chi connectivity index (χ4v) is 2.46. The summed E-state index contributed by atoms with van der Waals surface area (Å²) >= 11 is 0. The Kier molecular flexibility index (Phi) is 4.83. The molecule has 0 bridgehead atoms. The topological polar surface area (TPSA) is 69.6 Å². The SMILES string of the molecule is CC(C)c1ccc(CNC(=O)N2CCC(C(=O)O)C2)cc1. The zero-order chi connectivity index (χ0) is 15.4. The number of rotatable bonds is 4. The normalized spacial score (nSPS) is 18.0. The minimum Gasteiger partial charge on any atom is -0.481 e. The molecule has 0 saturated carbocycles. The third kappa shape index (κ3) is 3.97. The van der Waals surface area contributed by atoms with Crippen LogP contribution in [0.2, 0.25) is 0 Å². The molecule has 1 heterocycles. The predicted octanol–water partition coefficient (Wildman–Crippen LogP) is 2.43. The first-order valence-corrected chi connectivity index (χ1v) is 7.31. The van der Waals surface area contributed by atoms with Crippen molar-refractivity contribution < 1.29 is 14.7 Å². The molecule has 0 radical (unpaired) electrons. The Morgan fingerprint density at radius 1 is 1.33 bits per heavy atom. The number of carbonyl (C=O) groups is 2. The zero-order valence-electron chi connectivity index (χ0n) is 12.5. The molecule has 1 saturated heterocycles. The Balaban J connectivity index is 1.83. The minimum atomic E-state index is -0.824. The number of benzene rings is 1. The first-order chi connectivity index (χ1) is 9.97. The summed E-state index contributed by atoms with van der Waals surface area (Å²) in [6.45, 7) is 5.56. The van der Waals surface area contributed by atoms with Crippen LogP contribution in [0.25, 0.3) is 0 Å². The molecule has 5 heteroatoms. The average molecular weight is 290 g/mol. The highest BCUT2D eigenvalue weighted by molar-refractivity contribution is 5.77. The number of carboxylic acids is 1. The van der Waals surface area contributed by atoms with Crippen molar-refractivity contribution in [1.82, 2.24) is 10.2 Å². The molecule has 0 aromatic heterocycles. The van der Waals surface area contributed by atoms with E-state index in [-0.39, 0.29) is 6.03 Å². The van der Waals surface area contributed by atoms with Crippen molar-refractivity contribution in [2.24, 2.45) is 5.92 Å². The summed E-state index contributed by atoms with van der Waals surface area (Å²) in [5.74, 6) is -0.762. The van der Waals surface area contributed by atoms with Crippen molar-refractivity contribution in [1.29, 1.82) is 0 Å². The molecule has 1 aromatic carbocycles. The van der Waals surface area contributed by atoms with Crippen LogP contribution in [0.15, 0.2) is 24.3 Å². The van der Waals surface area contributed by atoms with Crippen molar-refractivity contribution in [3.05, 3.63) is 35.4 Å². The quantitative estimate of drug-likeness (QED) is 0.894. The van der Waals surface area contributed by atoms with Gasteiger partial charge in [-0.25, -0.2) is 4.79 Å². The summed E-state index contributed by atoms with van der Waals surface area (Å²) in [6.07, 6.45) is 0.534. The molecule has 1 aliphatic rings. The van der Waals surface area contributed by atoms with Gasteiger partial charge in [0, 0.05) is 19.6 Å². The van der Waals surface area contributed by atoms with Crippen LogP contribution in [0.3, 0.4) is 0 Å². The largest absolute Gasteiger partial charge is 0.481 e. The fraction of sp³-hybridized carbons (Fsp3) is 0.500. The van der Waals surface area contributed by atoms with Crippen LogP contribution in [0.1, 0.15) is 37.3 Å². The van der Waals surface area contributed by atoms with Gasteiger partial charge in [-0.05, 0) is 23.5 Å². The average Bonchev–Trinajstić information content (AvgIpc) is 2.95. The second kappa shape index (κ2) is 6.61. The number of amides is 2. The van der Waals surface area contributed by atoms with Crippen molar-refractivity contribution in [2.45, 2.75) is 32.7 Å². The highest BCUT2D eigenvalue weighted by atomic mass is 16.4. The highest BCUT2D eigenvalue weighted by Gasteiger charge is 2.30. The fourth-order valence-electron chi connectivity index (χ4n) is 2.46. The number of urea groups is 1. The first-order valence-electron chi connectivity index (χ1n) is 7.31. The lowest BCUT2D eigenvalue weighted by Crippen LogP contribution is -2.38. The Morgan fingerprint density at radius 3 is 2.52 bits per heavy atom. The van der Waals surface area contributed by atoms with Gasteiger partial charge in [0.15, 0.2) is 0 Å². The van der Waals surface area contributed by atoms with E-state index in [0.29, 0.717) is 32.0 Å². The van der Waals surface area contributed by atoms with Crippen molar-refractivity contribution in [3.63, 3.8) is 0 Å². The van der Waals surface area contributed by atoms with Crippen LogP contribution in [-0.2, 0) is 11.3 Å². The molecule has 2 rings (SSSR count). The molecule has 1 fully saturated rings. The number of aliphatic carboxylic acids is 1. The highest BCUT2D eigenvalue weighted by Crippen LogP contribution is 2.17. The summed E-state index contributed by atoms with van der Waals surface area (Å²) in [7, 11) is 0. The van der Waals surface area contributed by atoms with E-state index in [1.54, 1.807) is 4.90 Å². The molecule has 5 nitrogen and oxygen atoms in total. The van der Waals surface area contributed by atoms with Crippen LogP contribution >= 0.6 is 0 Å². The summed E-state index contributed by atoms with van der Waals surface area (Å²) in [5.41, 5.74) is 2.32. The monoisotopic (exact) mass is 290 g/mol. The molecule has 2 amide bonds. The number of nitrogens with one attached hydrogen (secondary N) is 1. The third-order valence-electron chi connectivity index (χ3n) is 3.91. The smallest absolute Gasteiger partial charge is 0.317 e. The Labute approximate surface area is 125 Å². The third-order valence-corrected chi connectivity index (χ3v) is 3.91. The summed E-state index contributed by atoms with van der Waals surface area (Å²) in [4.78, 5) is 24.4. The Morgan fingerprint density at radius 2 is 2.00 bits per heavy atom. The van der Waals surface area contributed by atoms with Gasteiger partial charge in [-0.3, -0.25) is 4.79 Å². The predicted molar refractivity (Wildman–Crippen MR) is 80.1 cm³/mol. The van der Waals surface area contributed by atoms with Crippen molar-refractivity contribution in [3.8, 4) is 0 Å². The van der Waals surface area contributed by atoms with E-state index in [4.69, 9.17) is 5.11 Å². The number of hydrogen-bond donors (Lipinski definition) is 2. The lowest BCUT2D eigenvalue weighted by molar-refractivity contribution is -0.141. The van der Waals surface area contributed by atoms with Crippen LogP contribution in [-0.4, -0.2) is 35.1 Å². The molecule has 1 unspecified atom stereocenters. The van der Waals surface area contributed by atoms with E-state index < -0.39 is 11.9 Å². The summed E-state index contributed by atoms with van der Waals surface area (Å²) < 4.78 is 0. The molecular weight excluding hydrogens is 268 g/mol. The van der Waals surface area contributed by atoms with Gasteiger partial charge >= 0.3 is 12.0 Å². The lowest BCUT2D eigenvalue weighted by Gasteiger charge is -2.17. The molecule has 0 aliphatic carbocycles. The number of likely N-dealkylation sites (tertiary alicyclic amines) is 1. The van der Waals surface area contributed by atoms with Gasteiger partial charge in [-0.15, -0.1) is 0 Å². The van der Waals surface area contributed by atoms with Gasteiger partial charge in [-0.1, -0.05) is 38.1 Å². The summed E-state index contributed by atoms with van der Waals surface area (Å²) in [5, 5.41) is 11.8. The van der Waals surface area contributed by atoms with Crippen molar-refractivity contribution >= 4 is 12.0 Å². The zero-order valence-corrected chi connectivity index (χ0v) is 12.5. The van der Waals surface area contributed by atoms with Crippen LogP contribution in [0.4, 0.5) is 4.79 Å². The number of carboxylic acid groups (broad SMARTS) is 1. The number of hydrogen-bond acceptors (Lipinski definition) is 2. The Hall–Kier alpha value is -2.04. The van der Waals surface area contributed by atoms with Crippen molar-refractivity contribution in [2.75, 3.05) is 13.1 Å². The first kappa shape index (κ1) is 15.4. The second-order valence-electron chi connectivity index (χ2n) is 5.82. The Bertz CT molecular complexity index is 511. The summed E-state index contributed by atoms with van der Waals surface area (Å²) in [6, 6.07) is 7.98. The lowest BCUT2D eigenvalue weighted by atomic mass is 10.0. The maximum absolute atomic E-state index is 12.0. The minimum absolute atomic E-state index is 0.188. The standard InChI is InChI=1S/C16H22N2O3/c1-11(2)13-5-3-12(4-6-13)9-17-16(21)18-8-7-14(10-18)15(19)20/h3-6,11,14H,7-10H2,1-2H3,(H,17,21)(H,19,20). The van der Waals surface area contributed by atoms with E-state index in [0.717, 1.165) is 5.56 Å². The molecule has 114 valence electrons. The van der Waals surface area contributed by atoms with Gasteiger partial charge in [-0.2, -0.15) is 0 Å². The molecule has 21 heavy (non-hydrogen) atoms. The molecule has 2 N–H and O–H groups in total. The molecule has 0 spiro atoms. The number of nitrogens with zero attached hydrogens (tertiary/aromatic N) is 1. The van der Waals surface area contributed by atoms with Gasteiger partial charge in [0.2, 0.25) is 0 Å². The molecule has 1 aliphatic heterocycles. The van der Waals surface area contributed by atoms with Crippen LogP contribution < -0.4 is 5.32 Å². The van der Waals surface area contributed by atoms with E-state index in [9.17, 15) is 9.59 Å². The van der Waals surface area contributed by atoms with E-state index in [1.165, 1.54) is 5.56 Å². The van der Waals surface area contributed by atoms with Gasteiger partial charge in [0.25, 0.3) is 0 Å². The van der Waals surface area contributed by atoms with E-state index in [1.807, 2.05) is 12.1 Å².